The molecular formula is C17H28N2O2. The van der Waals surface area contributed by atoms with Crippen molar-refractivity contribution in [1.29, 1.82) is 0 Å². The lowest BCUT2D eigenvalue weighted by Gasteiger charge is -2.37. The van der Waals surface area contributed by atoms with Gasteiger partial charge in [0.1, 0.15) is 0 Å². The van der Waals surface area contributed by atoms with Crippen LogP contribution < -0.4 is 10.5 Å². The molecule has 4 nitrogen and oxygen atoms in total. The topological polar surface area (TPSA) is 58.7 Å². The van der Waals surface area contributed by atoms with Gasteiger partial charge in [-0.1, -0.05) is 25.3 Å². The van der Waals surface area contributed by atoms with Crippen molar-refractivity contribution in [3.05, 3.63) is 23.8 Å². The lowest BCUT2D eigenvalue weighted by Crippen LogP contribution is -2.39. The van der Waals surface area contributed by atoms with Crippen LogP contribution in [0.1, 0.15) is 50.6 Å². The molecule has 1 aromatic carbocycles. The van der Waals surface area contributed by atoms with E-state index in [0.29, 0.717) is 24.9 Å². The third-order valence-electron chi connectivity index (χ3n) is 4.53. The molecule has 0 heterocycles. The molecule has 0 amide bonds. The Morgan fingerprint density at radius 3 is 2.67 bits per heavy atom. The van der Waals surface area contributed by atoms with Gasteiger partial charge in [0, 0.05) is 18.6 Å². The summed E-state index contributed by atoms with van der Waals surface area (Å²) in [6.07, 6.45) is 6.48. The fourth-order valence-corrected chi connectivity index (χ4v) is 3.29. The van der Waals surface area contributed by atoms with Gasteiger partial charge >= 0.3 is 0 Å². The molecule has 118 valence electrons. The second-order valence-corrected chi connectivity index (χ2v) is 5.87. The molecule has 2 rings (SSSR count). The van der Waals surface area contributed by atoms with Crippen molar-refractivity contribution in [2.75, 3.05) is 20.2 Å². The number of hydrogen-bond donors (Lipinski definition) is 2. The zero-order valence-electron chi connectivity index (χ0n) is 13.2. The Bertz CT molecular complexity index is 444. The molecule has 4 heteroatoms. The maximum Gasteiger partial charge on any atom is 0.161 e. The molecule has 1 fully saturated rings. The monoisotopic (exact) mass is 292 g/mol. The highest BCUT2D eigenvalue weighted by molar-refractivity contribution is 5.43. The molecule has 3 N–H and O–H groups in total. The Morgan fingerprint density at radius 1 is 1.33 bits per heavy atom. The van der Waals surface area contributed by atoms with Crippen LogP contribution in [0.25, 0.3) is 0 Å². The summed E-state index contributed by atoms with van der Waals surface area (Å²) in [5.41, 5.74) is 7.15. The normalized spacial score (nSPS) is 17.9. The second kappa shape index (κ2) is 7.66. The lowest BCUT2D eigenvalue weighted by molar-refractivity contribution is 0.140. The van der Waals surface area contributed by atoms with E-state index in [0.717, 1.165) is 5.56 Å². The average molecular weight is 292 g/mol. The van der Waals surface area contributed by atoms with Gasteiger partial charge in [-0.2, -0.15) is 0 Å². The Kier molecular flexibility index (Phi) is 5.88. The van der Waals surface area contributed by atoms with Gasteiger partial charge in [0.2, 0.25) is 0 Å². The number of nitrogens with zero attached hydrogens (tertiary/aromatic N) is 1. The lowest BCUT2D eigenvalue weighted by atomic mass is 9.92. The fraction of sp³-hybridized carbons (Fsp3) is 0.647. The molecule has 0 aromatic heterocycles. The smallest absolute Gasteiger partial charge is 0.161 e. The summed E-state index contributed by atoms with van der Waals surface area (Å²) in [4.78, 5) is 2.40. The van der Waals surface area contributed by atoms with Crippen LogP contribution in [0.4, 0.5) is 0 Å². The minimum atomic E-state index is 0.174. The number of aromatic hydroxyl groups is 1. The van der Waals surface area contributed by atoms with Gasteiger partial charge in [0.15, 0.2) is 11.5 Å². The van der Waals surface area contributed by atoms with Gasteiger partial charge < -0.3 is 15.6 Å². The van der Waals surface area contributed by atoms with Crippen LogP contribution >= 0.6 is 0 Å². The molecular weight excluding hydrogens is 264 g/mol. The minimum absolute atomic E-state index is 0.174. The first-order valence-electron chi connectivity index (χ1n) is 8.05. The van der Waals surface area contributed by atoms with E-state index < -0.39 is 0 Å². The number of ether oxygens (including phenoxy) is 1. The van der Waals surface area contributed by atoms with Crippen molar-refractivity contribution in [2.45, 2.75) is 51.1 Å². The van der Waals surface area contributed by atoms with Gasteiger partial charge in [-0.15, -0.1) is 0 Å². The quantitative estimate of drug-likeness (QED) is 0.846. The van der Waals surface area contributed by atoms with Crippen molar-refractivity contribution >= 4 is 0 Å². The standard InChI is InChI=1S/C17H28N2O2/c1-3-21-17-11-13(9-10-16(17)20)15(12-18)19(2)14-7-5-4-6-8-14/h9-11,14-15,20H,3-8,12,18H2,1-2H3. The number of hydrogen-bond acceptors (Lipinski definition) is 4. The zero-order chi connectivity index (χ0) is 15.2. The number of rotatable bonds is 6. The maximum atomic E-state index is 9.84. The van der Waals surface area contributed by atoms with Crippen molar-refractivity contribution in [3.63, 3.8) is 0 Å². The molecule has 0 aliphatic heterocycles. The van der Waals surface area contributed by atoms with Gasteiger partial charge in [-0.25, -0.2) is 0 Å². The maximum absolute atomic E-state index is 9.84. The highest BCUT2D eigenvalue weighted by atomic mass is 16.5. The van der Waals surface area contributed by atoms with E-state index in [1.54, 1.807) is 6.07 Å². The highest BCUT2D eigenvalue weighted by Crippen LogP contribution is 2.33. The van der Waals surface area contributed by atoms with Gasteiger partial charge in [-0.3, -0.25) is 4.90 Å². The van der Waals surface area contributed by atoms with Crippen LogP contribution in [0.3, 0.4) is 0 Å². The molecule has 0 bridgehead atoms. The first-order valence-corrected chi connectivity index (χ1v) is 8.05. The van der Waals surface area contributed by atoms with Crippen molar-refractivity contribution in [3.8, 4) is 11.5 Å². The summed E-state index contributed by atoms with van der Waals surface area (Å²) in [7, 11) is 2.17. The first kappa shape index (κ1) is 16.1. The fourth-order valence-electron chi connectivity index (χ4n) is 3.29. The SMILES string of the molecule is CCOc1cc(C(CN)N(C)C2CCCCC2)ccc1O. The summed E-state index contributed by atoms with van der Waals surface area (Å²) >= 11 is 0. The number of likely N-dealkylation sites (N-methyl/N-ethyl adjacent to an activating group) is 1. The van der Waals surface area contributed by atoms with E-state index in [9.17, 15) is 5.11 Å². The molecule has 1 saturated carbocycles. The van der Waals surface area contributed by atoms with E-state index in [4.69, 9.17) is 10.5 Å². The number of benzene rings is 1. The summed E-state index contributed by atoms with van der Waals surface area (Å²) in [5, 5.41) is 9.84. The molecule has 0 spiro atoms. The largest absolute Gasteiger partial charge is 0.504 e. The summed E-state index contributed by atoms with van der Waals surface area (Å²) in [6.45, 7) is 3.03. The first-order chi connectivity index (χ1) is 10.2. The predicted molar refractivity (Wildman–Crippen MR) is 85.7 cm³/mol. The van der Waals surface area contributed by atoms with E-state index in [2.05, 4.69) is 11.9 Å². The average Bonchev–Trinajstić information content (AvgIpc) is 2.52. The van der Waals surface area contributed by atoms with Gasteiger partial charge in [0.05, 0.1) is 6.61 Å². The number of nitrogens with two attached hydrogens (primary N) is 1. The van der Waals surface area contributed by atoms with Gasteiger partial charge in [0.25, 0.3) is 0 Å². The van der Waals surface area contributed by atoms with Crippen molar-refractivity contribution < 1.29 is 9.84 Å². The molecule has 0 saturated heterocycles. The predicted octanol–water partition coefficient (Wildman–Crippen LogP) is 3.06. The Hall–Kier alpha value is -1.26. The van der Waals surface area contributed by atoms with Crippen molar-refractivity contribution in [2.24, 2.45) is 5.73 Å². The van der Waals surface area contributed by atoms with Crippen molar-refractivity contribution in [1.82, 2.24) is 4.90 Å². The van der Waals surface area contributed by atoms with Crippen LogP contribution in [-0.4, -0.2) is 36.2 Å². The molecule has 21 heavy (non-hydrogen) atoms. The zero-order valence-corrected chi connectivity index (χ0v) is 13.2. The van der Waals surface area contributed by atoms with E-state index >= 15 is 0 Å². The van der Waals surface area contributed by atoms with E-state index in [-0.39, 0.29) is 11.8 Å². The number of phenols is 1. The molecule has 1 aliphatic rings. The highest BCUT2D eigenvalue weighted by Gasteiger charge is 2.25. The van der Waals surface area contributed by atoms with E-state index in [1.807, 2.05) is 19.1 Å². The van der Waals surface area contributed by atoms with Gasteiger partial charge in [-0.05, 0) is 44.5 Å². The number of phenolic OH excluding ortho intramolecular Hbond substituents is 1. The minimum Gasteiger partial charge on any atom is -0.504 e. The summed E-state index contributed by atoms with van der Waals surface area (Å²) in [5.74, 6) is 0.738. The van der Waals surface area contributed by atoms with Crippen LogP contribution in [-0.2, 0) is 0 Å². The van der Waals surface area contributed by atoms with Crippen LogP contribution in [0.5, 0.6) is 11.5 Å². The molecule has 1 aliphatic carbocycles. The van der Waals surface area contributed by atoms with Crippen LogP contribution in [0, 0.1) is 0 Å². The Labute approximate surface area is 127 Å². The summed E-state index contributed by atoms with van der Waals surface area (Å²) < 4.78 is 5.49. The van der Waals surface area contributed by atoms with Crippen LogP contribution in [0.15, 0.2) is 18.2 Å². The Balaban J connectivity index is 2.17. The molecule has 1 atom stereocenters. The summed E-state index contributed by atoms with van der Waals surface area (Å²) in [6, 6.07) is 6.37. The second-order valence-electron chi connectivity index (χ2n) is 5.87. The van der Waals surface area contributed by atoms with Crippen LogP contribution in [0.2, 0.25) is 0 Å². The molecule has 1 unspecified atom stereocenters. The molecule has 1 aromatic rings. The third-order valence-corrected chi connectivity index (χ3v) is 4.53. The molecule has 0 radical (unpaired) electrons. The third kappa shape index (κ3) is 3.89. The Morgan fingerprint density at radius 2 is 2.05 bits per heavy atom. The van der Waals surface area contributed by atoms with E-state index in [1.165, 1.54) is 32.1 Å².